The molecule has 5 heteroatoms. The molecule has 0 fully saturated rings. The Kier molecular flexibility index (Phi) is 3.92. The van der Waals surface area contributed by atoms with E-state index in [-0.39, 0.29) is 11.9 Å². The third-order valence-corrected chi connectivity index (χ3v) is 3.43. The number of hydrogen-bond acceptors (Lipinski definition) is 2. The van der Waals surface area contributed by atoms with Crippen LogP contribution in [0.1, 0.15) is 42.8 Å². The summed E-state index contributed by atoms with van der Waals surface area (Å²) in [6, 6.07) is 4.32. The molecule has 1 atom stereocenters. The Bertz CT molecular complexity index is 592. The van der Waals surface area contributed by atoms with Crippen molar-refractivity contribution in [3.8, 4) is 0 Å². The molecule has 0 saturated carbocycles. The van der Waals surface area contributed by atoms with E-state index in [1.54, 1.807) is 16.9 Å². The fraction of sp³-hybridized carbons (Fsp3) is 0.357. The van der Waals surface area contributed by atoms with Crippen LogP contribution >= 0.6 is 11.6 Å². The van der Waals surface area contributed by atoms with Gasteiger partial charge in [0.25, 0.3) is 0 Å². The van der Waals surface area contributed by atoms with Crippen LogP contribution in [0.15, 0.2) is 24.4 Å². The van der Waals surface area contributed by atoms with E-state index in [9.17, 15) is 4.39 Å². The highest BCUT2D eigenvalue weighted by atomic mass is 35.5. The van der Waals surface area contributed by atoms with Gasteiger partial charge in [-0.25, -0.2) is 4.39 Å². The fourth-order valence-corrected chi connectivity index (χ4v) is 2.44. The average molecular weight is 282 g/mol. The molecule has 0 spiro atoms. The monoisotopic (exact) mass is 281 g/mol. The van der Waals surface area contributed by atoms with Crippen LogP contribution < -0.4 is 5.73 Å². The molecule has 0 radical (unpaired) electrons. The quantitative estimate of drug-likeness (QED) is 0.934. The van der Waals surface area contributed by atoms with Gasteiger partial charge in [0.2, 0.25) is 0 Å². The Labute approximate surface area is 117 Å². The molecule has 0 aliphatic heterocycles. The molecule has 0 aliphatic carbocycles. The van der Waals surface area contributed by atoms with Crippen molar-refractivity contribution in [2.24, 2.45) is 5.73 Å². The van der Waals surface area contributed by atoms with Gasteiger partial charge in [0.1, 0.15) is 5.82 Å². The zero-order chi connectivity index (χ0) is 14.2. The first-order valence-electron chi connectivity index (χ1n) is 6.16. The third-order valence-electron chi connectivity index (χ3n) is 3.14. The fourth-order valence-electron chi connectivity index (χ4n) is 2.19. The normalized spacial score (nSPS) is 13.0. The van der Waals surface area contributed by atoms with Gasteiger partial charge in [-0.05, 0) is 44.0 Å². The van der Waals surface area contributed by atoms with Gasteiger partial charge >= 0.3 is 0 Å². The SMILES string of the molecule is Cc1cc(F)ccc1C(N)c1c(Cl)cnn1C(C)C. The minimum absolute atomic E-state index is 0.161. The number of benzene rings is 1. The van der Waals surface area contributed by atoms with Crippen molar-refractivity contribution in [1.82, 2.24) is 9.78 Å². The predicted molar refractivity (Wildman–Crippen MR) is 74.8 cm³/mol. The summed E-state index contributed by atoms with van der Waals surface area (Å²) in [5.41, 5.74) is 8.70. The Morgan fingerprint density at radius 3 is 2.63 bits per heavy atom. The summed E-state index contributed by atoms with van der Waals surface area (Å²) in [4.78, 5) is 0. The topological polar surface area (TPSA) is 43.8 Å². The lowest BCUT2D eigenvalue weighted by Gasteiger charge is -2.19. The van der Waals surface area contributed by atoms with Crippen LogP contribution in [0, 0.1) is 12.7 Å². The van der Waals surface area contributed by atoms with Crippen molar-refractivity contribution in [1.29, 1.82) is 0 Å². The Balaban J connectivity index is 2.49. The van der Waals surface area contributed by atoms with E-state index in [0.29, 0.717) is 5.02 Å². The van der Waals surface area contributed by atoms with Gasteiger partial charge in [-0.2, -0.15) is 5.10 Å². The highest BCUT2D eigenvalue weighted by Gasteiger charge is 2.21. The summed E-state index contributed by atoms with van der Waals surface area (Å²) in [5.74, 6) is -0.267. The summed E-state index contributed by atoms with van der Waals surface area (Å²) in [5, 5.41) is 4.77. The largest absolute Gasteiger partial charge is 0.319 e. The molecule has 19 heavy (non-hydrogen) atoms. The molecule has 1 heterocycles. The summed E-state index contributed by atoms with van der Waals surface area (Å²) in [7, 11) is 0. The minimum atomic E-state index is -0.419. The van der Waals surface area contributed by atoms with E-state index in [1.807, 2.05) is 20.8 Å². The molecular formula is C14H17ClFN3. The predicted octanol–water partition coefficient (Wildman–Crippen LogP) is 3.61. The number of nitrogens with two attached hydrogens (primary N) is 1. The molecular weight excluding hydrogens is 265 g/mol. The van der Waals surface area contributed by atoms with Crippen molar-refractivity contribution < 1.29 is 4.39 Å². The van der Waals surface area contributed by atoms with Gasteiger partial charge in [0, 0.05) is 6.04 Å². The molecule has 102 valence electrons. The lowest BCUT2D eigenvalue weighted by atomic mass is 9.99. The van der Waals surface area contributed by atoms with Crippen LogP contribution in [-0.2, 0) is 0 Å². The zero-order valence-electron chi connectivity index (χ0n) is 11.2. The molecule has 1 aromatic carbocycles. The number of rotatable bonds is 3. The minimum Gasteiger partial charge on any atom is -0.319 e. The van der Waals surface area contributed by atoms with Gasteiger partial charge in [0.15, 0.2) is 0 Å². The highest BCUT2D eigenvalue weighted by Crippen LogP contribution is 2.30. The molecule has 2 rings (SSSR count). The lowest BCUT2D eigenvalue weighted by Crippen LogP contribution is -2.20. The van der Waals surface area contributed by atoms with Crippen LogP contribution in [0.2, 0.25) is 5.02 Å². The number of hydrogen-bond donors (Lipinski definition) is 1. The van der Waals surface area contributed by atoms with E-state index in [0.717, 1.165) is 16.8 Å². The van der Waals surface area contributed by atoms with Gasteiger partial charge in [-0.15, -0.1) is 0 Å². The maximum absolute atomic E-state index is 13.2. The van der Waals surface area contributed by atoms with E-state index in [1.165, 1.54) is 12.1 Å². The van der Waals surface area contributed by atoms with E-state index in [2.05, 4.69) is 5.10 Å². The molecule has 2 aromatic rings. The molecule has 0 saturated heterocycles. The van der Waals surface area contributed by atoms with Crippen LogP contribution in [0.4, 0.5) is 4.39 Å². The Hall–Kier alpha value is -1.39. The molecule has 1 unspecified atom stereocenters. The molecule has 3 nitrogen and oxygen atoms in total. The van der Waals surface area contributed by atoms with Gasteiger partial charge in [0.05, 0.1) is 23.0 Å². The second kappa shape index (κ2) is 5.31. The smallest absolute Gasteiger partial charge is 0.123 e. The number of nitrogens with zero attached hydrogens (tertiary/aromatic N) is 2. The van der Waals surface area contributed by atoms with Crippen LogP contribution in [0.25, 0.3) is 0 Å². The summed E-state index contributed by atoms with van der Waals surface area (Å²) < 4.78 is 15.0. The first-order chi connectivity index (χ1) is 8.91. The third kappa shape index (κ3) is 2.65. The maximum Gasteiger partial charge on any atom is 0.123 e. The van der Waals surface area contributed by atoms with Crippen molar-refractivity contribution >= 4 is 11.6 Å². The molecule has 0 amide bonds. The van der Waals surface area contributed by atoms with Gasteiger partial charge < -0.3 is 5.73 Å². The molecule has 0 aliphatic rings. The van der Waals surface area contributed by atoms with Crippen molar-refractivity contribution in [3.63, 3.8) is 0 Å². The average Bonchev–Trinajstić information content (AvgIpc) is 2.70. The second-order valence-electron chi connectivity index (χ2n) is 4.89. The van der Waals surface area contributed by atoms with Crippen molar-refractivity contribution in [3.05, 3.63) is 52.1 Å². The number of halogens is 2. The first kappa shape index (κ1) is 14.0. The van der Waals surface area contributed by atoms with Crippen LogP contribution in [0.3, 0.4) is 0 Å². The number of aryl methyl sites for hydroxylation is 1. The van der Waals surface area contributed by atoms with E-state index < -0.39 is 6.04 Å². The van der Waals surface area contributed by atoms with Gasteiger partial charge in [-0.3, -0.25) is 4.68 Å². The van der Waals surface area contributed by atoms with E-state index in [4.69, 9.17) is 17.3 Å². The highest BCUT2D eigenvalue weighted by molar-refractivity contribution is 6.31. The first-order valence-corrected chi connectivity index (χ1v) is 6.54. The standard InChI is InChI=1S/C14H17ClFN3/c1-8(2)19-14(12(15)7-18-19)13(17)11-5-4-10(16)6-9(11)3/h4-8,13H,17H2,1-3H3. The number of aromatic nitrogens is 2. The van der Waals surface area contributed by atoms with E-state index >= 15 is 0 Å². The molecule has 1 aromatic heterocycles. The Morgan fingerprint density at radius 1 is 1.37 bits per heavy atom. The molecule has 0 bridgehead atoms. The summed E-state index contributed by atoms with van der Waals surface area (Å²) in [6.45, 7) is 5.86. The van der Waals surface area contributed by atoms with Crippen LogP contribution in [0.5, 0.6) is 0 Å². The van der Waals surface area contributed by atoms with Crippen molar-refractivity contribution in [2.75, 3.05) is 0 Å². The summed E-state index contributed by atoms with van der Waals surface area (Å²) >= 11 is 6.18. The molecule has 2 N–H and O–H groups in total. The Morgan fingerprint density at radius 2 is 2.05 bits per heavy atom. The second-order valence-corrected chi connectivity index (χ2v) is 5.30. The van der Waals surface area contributed by atoms with Gasteiger partial charge in [-0.1, -0.05) is 17.7 Å². The zero-order valence-corrected chi connectivity index (χ0v) is 11.9. The lowest BCUT2D eigenvalue weighted by molar-refractivity contribution is 0.499. The maximum atomic E-state index is 13.2. The van der Waals surface area contributed by atoms with Crippen LogP contribution in [-0.4, -0.2) is 9.78 Å². The summed E-state index contributed by atoms with van der Waals surface area (Å²) in [6.07, 6.45) is 1.59. The van der Waals surface area contributed by atoms with Crippen molar-refractivity contribution in [2.45, 2.75) is 32.9 Å².